The van der Waals surface area contributed by atoms with Gasteiger partial charge in [0.15, 0.2) is 0 Å². The quantitative estimate of drug-likeness (QED) is 0.507. The molecule has 2 aliphatic rings. The lowest BCUT2D eigenvalue weighted by Gasteiger charge is -2.42. The Bertz CT molecular complexity index is 137. The Morgan fingerprint density at radius 3 is 2.30 bits per heavy atom. The molecular formula is C9H14O. The van der Waals surface area contributed by atoms with Gasteiger partial charge in [0.25, 0.3) is 0 Å². The van der Waals surface area contributed by atoms with Gasteiger partial charge in [-0.1, -0.05) is 12.8 Å². The SMILES string of the molecule is O=CC1CC2(CCCC2)C1. The molecule has 2 aliphatic carbocycles. The first-order valence-electron chi connectivity index (χ1n) is 4.30. The Morgan fingerprint density at radius 1 is 1.20 bits per heavy atom. The summed E-state index contributed by atoms with van der Waals surface area (Å²) < 4.78 is 0. The second-order valence-corrected chi connectivity index (χ2v) is 4.01. The van der Waals surface area contributed by atoms with Crippen molar-refractivity contribution in [2.24, 2.45) is 11.3 Å². The fraction of sp³-hybridized carbons (Fsp3) is 0.889. The van der Waals surface area contributed by atoms with Crippen molar-refractivity contribution >= 4 is 6.29 Å². The van der Waals surface area contributed by atoms with Crippen molar-refractivity contribution < 1.29 is 4.79 Å². The van der Waals surface area contributed by atoms with Crippen molar-refractivity contribution in [3.05, 3.63) is 0 Å². The maximum atomic E-state index is 10.3. The van der Waals surface area contributed by atoms with E-state index in [4.69, 9.17) is 0 Å². The molecule has 1 spiro atoms. The Hall–Kier alpha value is -0.330. The number of carbonyl (C=O) groups excluding carboxylic acids is 1. The van der Waals surface area contributed by atoms with E-state index in [1.807, 2.05) is 0 Å². The third-order valence-electron chi connectivity index (χ3n) is 3.25. The molecular weight excluding hydrogens is 124 g/mol. The van der Waals surface area contributed by atoms with Crippen molar-refractivity contribution in [1.82, 2.24) is 0 Å². The molecule has 10 heavy (non-hydrogen) atoms. The van der Waals surface area contributed by atoms with Crippen LogP contribution in [-0.4, -0.2) is 6.29 Å². The van der Waals surface area contributed by atoms with Crippen LogP contribution in [-0.2, 0) is 4.79 Å². The van der Waals surface area contributed by atoms with Crippen LogP contribution in [0.4, 0.5) is 0 Å². The highest BCUT2D eigenvalue weighted by Crippen LogP contribution is 2.55. The van der Waals surface area contributed by atoms with Crippen molar-refractivity contribution in [3.8, 4) is 0 Å². The average Bonchev–Trinajstić information content (AvgIpc) is 2.30. The predicted octanol–water partition coefficient (Wildman–Crippen LogP) is 2.16. The monoisotopic (exact) mass is 138 g/mol. The van der Waals surface area contributed by atoms with Gasteiger partial charge in [-0.15, -0.1) is 0 Å². The lowest BCUT2D eigenvalue weighted by molar-refractivity contribution is -0.117. The normalized spacial score (nSPS) is 30.4. The van der Waals surface area contributed by atoms with Crippen molar-refractivity contribution in [2.45, 2.75) is 38.5 Å². The summed E-state index contributed by atoms with van der Waals surface area (Å²) in [5.41, 5.74) is 0.658. The standard InChI is InChI=1S/C9H14O/c10-7-8-5-9(6-8)3-1-2-4-9/h7-8H,1-6H2. The number of hydrogen-bond acceptors (Lipinski definition) is 1. The summed E-state index contributed by atoms with van der Waals surface area (Å²) in [7, 11) is 0. The Morgan fingerprint density at radius 2 is 1.80 bits per heavy atom. The molecule has 0 N–H and O–H groups in total. The van der Waals surface area contributed by atoms with Gasteiger partial charge in [0.1, 0.15) is 6.29 Å². The number of rotatable bonds is 1. The molecule has 0 aromatic rings. The fourth-order valence-electron chi connectivity index (χ4n) is 2.68. The first kappa shape index (κ1) is 6.38. The minimum atomic E-state index is 0.429. The van der Waals surface area contributed by atoms with Gasteiger partial charge in [-0.25, -0.2) is 0 Å². The smallest absolute Gasteiger partial charge is 0.123 e. The second kappa shape index (κ2) is 2.08. The Kier molecular flexibility index (Phi) is 1.33. The van der Waals surface area contributed by atoms with E-state index in [0.717, 1.165) is 6.29 Å². The summed E-state index contributed by atoms with van der Waals surface area (Å²) in [4.78, 5) is 10.3. The zero-order chi connectivity index (χ0) is 7.03. The molecule has 2 rings (SSSR count). The molecule has 0 aliphatic heterocycles. The van der Waals surface area contributed by atoms with Gasteiger partial charge in [0.05, 0.1) is 0 Å². The van der Waals surface area contributed by atoms with Crippen molar-refractivity contribution in [2.75, 3.05) is 0 Å². The fourth-order valence-corrected chi connectivity index (χ4v) is 2.68. The minimum Gasteiger partial charge on any atom is -0.303 e. The third-order valence-corrected chi connectivity index (χ3v) is 3.25. The van der Waals surface area contributed by atoms with Gasteiger partial charge < -0.3 is 4.79 Å². The zero-order valence-corrected chi connectivity index (χ0v) is 6.31. The van der Waals surface area contributed by atoms with Crippen LogP contribution in [0.15, 0.2) is 0 Å². The van der Waals surface area contributed by atoms with Crippen LogP contribution in [0.2, 0.25) is 0 Å². The summed E-state index contributed by atoms with van der Waals surface area (Å²) in [5, 5.41) is 0. The number of hydrogen-bond donors (Lipinski definition) is 0. The highest BCUT2D eigenvalue weighted by molar-refractivity contribution is 5.55. The molecule has 0 saturated heterocycles. The van der Waals surface area contributed by atoms with Crippen molar-refractivity contribution in [3.63, 3.8) is 0 Å². The van der Waals surface area contributed by atoms with Crippen LogP contribution in [0.3, 0.4) is 0 Å². The van der Waals surface area contributed by atoms with Crippen LogP contribution in [0, 0.1) is 11.3 Å². The topological polar surface area (TPSA) is 17.1 Å². The first-order chi connectivity index (χ1) is 4.85. The molecule has 0 heterocycles. The summed E-state index contributed by atoms with van der Waals surface area (Å²) in [6, 6.07) is 0. The van der Waals surface area contributed by atoms with E-state index in [1.54, 1.807) is 0 Å². The molecule has 0 radical (unpaired) electrons. The van der Waals surface area contributed by atoms with E-state index in [2.05, 4.69) is 0 Å². The Labute approximate surface area is 61.8 Å². The molecule has 0 aromatic heterocycles. The van der Waals surface area contributed by atoms with E-state index >= 15 is 0 Å². The first-order valence-corrected chi connectivity index (χ1v) is 4.30. The van der Waals surface area contributed by atoms with Gasteiger partial charge >= 0.3 is 0 Å². The molecule has 0 aromatic carbocycles. The molecule has 2 saturated carbocycles. The molecule has 0 bridgehead atoms. The average molecular weight is 138 g/mol. The van der Waals surface area contributed by atoms with E-state index in [-0.39, 0.29) is 0 Å². The largest absolute Gasteiger partial charge is 0.303 e. The van der Waals surface area contributed by atoms with Gasteiger partial charge in [-0.3, -0.25) is 0 Å². The van der Waals surface area contributed by atoms with Crippen LogP contribution in [0.25, 0.3) is 0 Å². The molecule has 0 atom stereocenters. The van der Waals surface area contributed by atoms with E-state index < -0.39 is 0 Å². The number of aldehydes is 1. The predicted molar refractivity (Wildman–Crippen MR) is 39.7 cm³/mol. The number of carbonyl (C=O) groups is 1. The molecule has 56 valence electrons. The van der Waals surface area contributed by atoms with Crippen molar-refractivity contribution in [1.29, 1.82) is 0 Å². The zero-order valence-electron chi connectivity index (χ0n) is 6.31. The van der Waals surface area contributed by atoms with Gasteiger partial charge in [0.2, 0.25) is 0 Å². The lowest BCUT2D eigenvalue weighted by Crippen LogP contribution is -2.35. The highest BCUT2D eigenvalue weighted by atomic mass is 16.1. The summed E-state index contributed by atoms with van der Waals surface area (Å²) in [6.45, 7) is 0. The molecule has 0 unspecified atom stereocenters. The summed E-state index contributed by atoms with van der Waals surface area (Å²) in [5.74, 6) is 0.429. The van der Waals surface area contributed by atoms with Crippen LogP contribution in [0.5, 0.6) is 0 Å². The van der Waals surface area contributed by atoms with Gasteiger partial charge in [-0.05, 0) is 31.1 Å². The maximum Gasteiger partial charge on any atom is 0.123 e. The second-order valence-electron chi connectivity index (χ2n) is 4.01. The van der Waals surface area contributed by atoms with E-state index in [1.165, 1.54) is 38.5 Å². The minimum absolute atomic E-state index is 0.429. The molecule has 1 nitrogen and oxygen atoms in total. The van der Waals surface area contributed by atoms with Crippen LogP contribution < -0.4 is 0 Å². The maximum absolute atomic E-state index is 10.3. The summed E-state index contributed by atoms with van der Waals surface area (Å²) >= 11 is 0. The van der Waals surface area contributed by atoms with Crippen LogP contribution >= 0.6 is 0 Å². The van der Waals surface area contributed by atoms with Gasteiger partial charge in [0, 0.05) is 5.92 Å². The summed E-state index contributed by atoms with van der Waals surface area (Å²) in [6.07, 6.45) is 9.17. The highest BCUT2D eigenvalue weighted by Gasteiger charge is 2.45. The van der Waals surface area contributed by atoms with E-state index in [0.29, 0.717) is 11.3 Å². The molecule has 2 fully saturated rings. The lowest BCUT2D eigenvalue weighted by atomic mass is 9.61. The van der Waals surface area contributed by atoms with Gasteiger partial charge in [-0.2, -0.15) is 0 Å². The van der Waals surface area contributed by atoms with E-state index in [9.17, 15) is 4.79 Å². The Balaban J connectivity index is 1.92. The molecule has 1 heteroatoms. The van der Waals surface area contributed by atoms with Crippen LogP contribution in [0.1, 0.15) is 38.5 Å². The molecule has 0 amide bonds. The third kappa shape index (κ3) is 0.799.